The van der Waals surface area contributed by atoms with Crippen LogP contribution in [0.25, 0.3) is 0 Å². The van der Waals surface area contributed by atoms with Crippen LogP contribution in [0.1, 0.15) is 56.4 Å². The maximum Gasteiger partial charge on any atom is 0.259 e. The van der Waals surface area contributed by atoms with Crippen molar-refractivity contribution in [3.8, 4) is 17.6 Å². The van der Waals surface area contributed by atoms with Gasteiger partial charge in [-0.05, 0) is 74.2 Å². The fourth-order valence-corrected chi connectivity index (χ4v) is 8.31. The van der Waals surface area contributed by atoms with E-state index in [4.69, 9.17) is 32.7 Å². The number of benzene rings is 4. The number of nitrogens with zero attached hydrogens (tertiary/aromatic N) is 2. The van der Waals surface area contributed by atoms with Crippen molar-refractivity contribution < 1.29 is 32.7 Å². The molecule has 3 unspecified atom stereocenters. The van der Waals surface area contributed by atoms with Crippen LogP contribution in [-0.4, -0.2) is 69.1 Å². The van der Waals surface area contributed by atoms with Gasteiger partial charge in [-0.25, -0.2) is 4.67 Å². The maximum absolute atomic E-state index is 9.32. The minimum absolute atomic E-state index is 0.129. The first-order chi connectivity index (χ1) is 25.3. The highest BCUT2D eigenvalue weighted by molar-refractivity contribution is 7.44. The van der Waals surface area contributed by atoms with Crippen molar-refractivity contribution in [2.75, 3.05) is 34.0 Å². The molecule has 0 aliphatic carbocycles. The summed E-state index contributed by atoms with van der Waals surface area (Å²) >= 11 is 0. The minimum atomic E-state index is -1.59. The Labute approximate surface area is 310 Å². The Morgan fingerprint density at radius 3 is 1.85 bits per heavy atom. The average Bonchev–Trinajstić information content (AvgIpc) is 3.55. The molecule has 4 aromatic carbocycles. The van der Waals surface area contributed by atoms with Gasteiger partial charge in [-0.2, -0.15) is 5.26 Å². The van der Waals surface area contributed by atoms with E-state index in [1.165, 1.54) is 0 Å². The Morgan fingerprint density at radius 1 is 0.788 bits per heavy atom. The molecule has 1 saturated heterocycles. The monoisotopic (exact) mass is 726 g/mol. The second-order valence-corrected chi connectivity index (χ2v) is 14.5. The lowest BCUT2D eigenvalue weighted by atomic mass is 9.80. The van der Waals surface area contributed by atoms with Crippen molar-refractivity contribution in [3.63, 3.8) is 0 Å². The van der Waals surface area contributed by atoms with Crippen molar-refractivity contribution >= 4 is 8.53 Å². The molecule has 276 valence electrons. The summed E-state index contributed by atoms with van der Waals surface area (Å²) in [5.41, 5.74) is 2.81. The van der Waals surface area contributed by atoms with Crippen LogP contribution in [-0.2, 0) is 35.5 Å². The number of methoxy groups -OCH3 is 2. The quantitative estimate of drug-likeness (QED) is 0.0535. The van der Waals surface area contributed by atoms with Gasteiger partial charge in [0.25, 0.3) is 8.53 Å². The number of hydrogen-bond acceptors (Lipinski definition) is 9. The highest BCUT2D eigenvalue weighted by atomic mass is 31.2. The molecule has 0 saturated carbocycles. The lowest BCUT2D eigenvalue weighted by molar-refractivity contribution is -0.0726. The van der Waals surface area contributed by atoms with Gasteiger partial charge in [-0.15, -0.1) is 0 Å². The summed E-state index contributed by atoms with van der Waals surface area (Å²) in [6, 6.07) is 38.7. The molecule has 1 aliphatic rings. The van der Waals surface area contributed by atoms with Gasteiger partial charge in [-0.1, -0.05) is 84.9 Å². The highest BCUT2D eigenvalue weighted by Crippen LogP contribution is 2.49. The molecule has 1 aliphatic heterocycles. The lowest BCUT2D eigenvalue weighted by Crippen LogP contribution is -2.42. The second-order valence-electron chi connectivity index (χ2n) is 13.1. The van der Waals surface area contributed by atoms with Crippen molar-refractivity contribution in [2.45, 2.75) is 76.7 Å². The van der Waals surface area contributed by atoms with Gasteiger partial charge < -0.3 is 32.7 Å². The molecule has 4 aromatic rings. The van der Waals surface area contributed by atoms with E-state index < -0.39 is 32.4 Å². The van der Waals surface area contributed by atoms with Crippen LogP contribution in [0.4, 0.5) is 0 Å². The molecule has 0 spiro atoms. The number of nitriles is 1. The molecule has 52 heavy (non-hydrogen) atoms. The molecule has 0 bridgehead atoms. The summed E-state index contributed by atoms with van der Waals surface area (Å²) in [7, 11) is 1.73. The first-order valence-corrected chi connectivity index (χ1v) is 18.9. The van der Waals surface area contributed by atoms with Crippen molar-refractivity contribution in [3.05, 3.63) is 131 Å². The highest BCUT2D eigenvalue weighted by Gasteiger charge is 2.46. The third-order valence-corrected chi connectivity index (χ3v) is 11.2. The van der Waals surface area contributed by atoms with Crippen molar-refractivity contribution in [1.29, 1.82) is 5.26 Å². The first kappa shape index (κ1) is 39.4. The van der Waals surface area contributed by atoms with Gasteiger partial charge in [0.2, 0.25) is 0 Å². The van der Waals surface area contributed by atoms with Crippen LogP contribution in [0.2, 0.25) is 0 Å². The van der Waals surface area contributed by atoms with Gasteiger partial charge in [0, 0.05) is 12.1 Å². The largest absolute Gasteiger partial charge is 0.497 e. The number of rotatable bonds is 19. The Morgan fingerprint density at radius 2 is 1.33 bits per heavy atom. The van der Waals surface area contributed by atoms with Crippen LogP contribution in [0, 0.1) is 11.3 Å². The molecule has 5 rings (SSSR count). The molecule has 1 heterocycles. The zero-order valence-corrected chi connectivity index (χ0v) is 31.9. The zero-order valence-electron chi connectivity index (χ0n) is 31.0. The predicted octanol–water partition coefficient (Wildman–Crippen LogP) is 8.66. The van der Waals surface area contributed by atoms with Crippen LogP contribution in [0.5, 0.6) is 11.5 Å². The fraction of sp³-hybridized carbons (Fsp3) is 0.405. The van der Waals surface area contributed by atoms with E-state index in [0.29, 0.717) is 13.2 Å². The second kappa shape index (κ2) is 19.3. The molecular formula is C42H51N2O7P. The summed E-state index contributed by atoms with van der Waals surface area (Å²) in [5.74, 6) is 1.49. The first-order valence-electron chi connectivity index (χ1n) is 17.8. The number of hydrogen-bond donors (Lipinski definition) is 0. The Bertz CT molecular complexity index is 1610. The standard InChI is InChI=1S/C42H51N2O7P/c1-31(2)44(32(3)4)52(50-27-13-26-43)51-41-39(47-28-33-14-9-7-10-15-33)29-48-40(41)30-49-42(34-16-11-8-12-17-34,35-18-22-37(45-5)23-19-35)36-20-24-38(46-6)25-21-36/h7-12,14-25,31-32,39-41H,13,27-30H2,1-6H3/t39?,40?,41-,52?/m0/s1. The van der Waals surface area contributed by atoms with Gasteiger partial charge in [-0.3, -0.25) is 0 Å². The maximum atomic E-state index is 9.32. The van der Waals surface area contributed by atoms with Gasteiger partial charge >= 0.3 is 0 Å². The van der Waals surface area contributed by atoms with E-state index in [9.17, 15) is 5.26 Å². The zero-order chi connectivity index (χ0) is 36.9. The average molecular weight is 727 g/mol. The van der Waals surface area contributed by atoms with Gasteiger partial charge in [0.1, 0.15) is 35.4 Å². The Kier molecular flexibility index (Phi) is 14.6. The lowest BCUT2D eigenvalue weighted by Gasteiger charge is -2.39. The topological polar surface area (TPSA) is 91.6 Å². The molecule has 10 heteroatoms. The summed E-state index contributed by atoms with van der Waals surface area (Å²) in [6.07, 6.45) is -1.17. The summed E-state index contributed by atoms with van der Waals surface area (Å²) in [6.45, 7) is 9.65. The van der Waals surface area contributed by atoms with Gasteiger partial charge in [0.15, 0.2) is 0 Å². The third-order valence-electron chi connectivity index (χ3n) is 9.03. The van der Waals surface area contributed by atoms with E-state index >= 15 is 0 Å². The molecule has 0 aromatic heterocycles. The fourth-order valence-electron chi connectivity index (χ4n) is 6.53. The summed E-state index contributed by atoms with van der Waals surface area (Å²) < 4.78 is 47.0. The molecule has 4 atom stereocenters. The molecule has 9 nitrogen and oxygen atoms in total. The number of ether oxygens (including phenoxy) is 5. The van der Waals surface area contributed by atoms with E-state index in [2.05, 4.69) is 50.6 Å². The Balaban J connectivity index is 1.54. The molecule has 0 radical (unpaired) electrons. The van der Waals surface area contributed by atoms with Crippen LogP contribution >= 0.6 is 8.53 Å². The van der Waals surface area contributed by atoms with Crippen LogP contribution in [0.3, 0.4) is 0 Å². The third kappa shape index (κ3) is 9.57. The van der Waals surface area contributed by atoms with E-state index in [0.717, 1.165) is 33.8 Å². The molecule has 0 N–H and O–H groups in total. The van der Waals surface area contributed by atoms with Crippen molar-refractivity contribution in [2.24, 2.45) is 0 Å². The van der Waals surface area contributed by atoms with E-state index in [1.54, 1.807) is 14.2 Å². The Hall–Kier alpha value is -3.84. The summed E-state index contributed by atoms with van der Waals surface area (Å²) in [4.78, 5) is 0. The van der Waals surface area contributed by atoms with Crippen LogP contribution < -0.4 is 9.47 Å². The SMILES string of the molecule is COc1ccc(C(OCC2OCC(OCc3ccccc3)[C@@H]2OP(OCCC#N)N(C(C)C)C(C)C)(c2ccccc2)c2ccc(OC)cc2)cc1. The predicted molar refractivity (Wildman–Crippen MR) is 203 cm³/mol. The molecule has 1 fully saturated rings. The van der Waals surface area contributed by atoms with Gasteiger partial charge in [0.05, 0.1) is 53.1 Å². The molecular weight excluding hydrogens is 675 g/mol. The smallest absolute Gasteiger partial charge is 0.259 e. The van der Waals surface area contributed by atoms with E-state index in [-0.39, 0.29) is 31.7 Å². The minimum Gasteiger partial charge on any atom is -0.497 e. The normalized spacial score (nSPS) is 18.1. The molecule has 0 amide bonds. The van der Waals surface area contributed by atoms with E-state index in [1.807, 2.05) is 97.1 Å². The summed E-state index contributed by atoms with van der Waals surface area (Å²) in [5, 5.41) is 9.32. The van der Waals surface area contributed by atoms with Crippen LogP contribution in [0.15, 0.2) is 109 Å². The van der Waals surface area contributed by atoms with Crippen molar-refractivity contribution in [1.82, 2.24) is 4.67 Å².